The van der Waals surface area contributed by atoms with Gasteiger partial charge in [-0.25, -0.2) is 8.78 Å². The molecule has 21 heavy (non-hydrogen) atoms. The lowest BCUT2D eigenvalue weighted by atomic mass is 9.92. The molecule has 1 N–H and O–H groups in total. The number of H-pyrrole nitrogens is 1. The molecule has 0 unspecified atom stereocenters. The molecule has 0 spiro atoms. The molecule has 2 aromatic rings. The summed E-state index contributed by atoms with van der Waals surface area (Å²) >= 11 is 0. The Hall–Kier alpha value is -2.22. The molecular weight excluding hydrogens is 274 g/mol. The van der Waals surface area contributed by atoms with Crippen LogP contribution in [0.15, 0.2) is 17.1 Å². The van der Waals surface area contributed by atoms with Crippen LogP contribution < -0.4 is 5.43 Å². The summed E-state index contributed by atoms with van der Waals surface area (Å²) in [5.41, 5.74) is -0.219. The van der Waals surface area contributed by atoms with Gasteiger partial charge in [0.05, 0.1) is 10.9 Å². The Bertz CT molecular complexity index is 770. The number of rotatable bonds is 4. The fourth-order valence-electron chi connectivity index (χ4n) is 2.52. The van der Waals surface area contributed by atoms with Gasteiger partial charge in [-0.3, -0.25) is 4.79 Å². The Morgan fingerprint density at radius 2 is 2.00 bits per heavy atom. The second-order valence-corrected chi connectivity index (χ2v) is 5.10. The maximum Gasteiger partial charge on any atom is 0.207 e. The number of aromatic nitrogens is 1. The Kier molecular flexibility index (Phi) is 4.37. The van der Waals surface area contributed by atoms with E-state index in [0.717, 1.165) is 18.9 Å². The van der Waals surface area contributed by atoms with Crippen LogP contribution in [-0.4, -0.2) is 4.98 Å². The zero-order chi connectivity index (χ0) is 15.6. The number of nitrogens with zero attached hydrogens (tertiary/aromatic N) is 1. The smallest absolute Gasteiger partial charge is 0.207 e. The van der Waals surface area contributed by atoms with E-state index < -0.39 is 17.1 Å². The van der Waals surface area contributed by atoms with Crippen molar-refractivity contribution in [2.45, 2.75) is 33.1 Å². The number of fused-ring (bicyclic) bond motifs is 1. The van der Waals surface area contributed by atoms with E-state index in [1.807, 2.05) is 13.8 Å². The lowest BCUT2D eigenvalue weighted by Gasteiger charge is -2.15. The van der Waals surface area contributed by atoms with Crippen molar-refractivity contribution in [3.05, 3.63) is 45.2 Å². The molecule has 1 heterocycles. The van der Waals surface area contributed by atoms with Gasteiger partial charge < -0.3 is 4.98 Å². The minimum Gasteiger partial charge on any atom is -0.359 e. The molecule has 0 saturated carbocycles. The van der Waals surface area contributed by atoms with E-state index in [9.17, 15) is 13.6 Å². The number of hydrogen-bond acceptors (Lipinski definition) is 2. The first-order valence-electron chi connectivity index (χ1n) is 6.95. The first-order chi connectivity index (χ1) is 10.0. The number of hydrogen-bond donors (Lipinski definition) is 1. The number of aromatic amines is 1. The summed E-state index contributed by atoms with van der Waals surface area (Å²) in [5.74, 6) is -1.76. The molecule has 0 fully saturated rings. The van der Waals surface area contributed by atoms with E-state index in [2.05, 4.69) is 4.98 Å². The Morgan fingerprint density at radius 1 is 1.33 bits per heavy atom. The van der Waals surface area contributed by atoms with Crippen LogP contribution in [0.4, 0.5) is 8.78 Å². The third-order valence-electron chi connectivity index (χ3n) is 3.93. The van der Waals surface area contributed by atoms with Crippen molar-refractivity contribution in [2.75, 3.05) is 0 Å². The van der Waals surface area contributed by atoms with Crippen molar-refractivity contribution in [1.29, 1.82) is 5.26 Å². The predicted molar refractivity (Wildman–Crippen MR) is 77.0 cm³/mol. The van der Waals surface area contributed by atoms with Gasteiger partial charge in [0.1, 0.15) is 11.6 Å². The Balaban J connectivity index is 2.75. The molecule has 0 atom stereocenters. The largest absolute Gasteiger partial charge is 0.359 e. The molecule has 0 saturated heterocycles. The van der Waals surface area contributed by atoms with Crippen LogP contribution >= 0.6 is 0 Å². The van der Waals surface area contributed by atoms with Gasteiger partial charge in [-0.05, 0) is 18.4 Å². The normalized spacial score (nSPS) is 11.0. The molecule has 110 valence electrons. The van der Waals surface area contributed by atoms with Crippen LogP contribution in [0.25, 0.3) is 10.9 Å². The molecule has 5 heteroatoms. The van der Waals surface area contributed by atoms with Crippen molar-refractivity contribution >= 4 is 10.9 Å². The van der Waals surface area contributed by atoms with Gasteiger partial charge in [-0.2, -0.15) is 5.26 Å². The third-order valence-corrected chi connectivity index (χ3v) is 3.93. The lowest BCUT2D eigenvalue weighted by molar-refractivity contribution is 0.458. The molecule has 1 aromatic heterocycles. The van der Waals surface area contributed by atoms with Gasteiger partial charge in [0.15, 0.2) is 11.6 Å². The molecule has 0 aliphatic heterocycles. The standard InChI is InChI=1S/C16H16F2N2O/c1-3-9(4-2)5-11-14(18)13(17)6-12-15(11)20-8-10(7-19)16(12)21/h6,8-9H,3-5H2,1-2H3,(H,20,21). The number of nitriles is 1. The maximum atomic E-state index is 14.1. The average molecular weight is 290 g/mol. The summed E-state index contributed by atoms with van der Waals surface area (Å²) in [6.45, 7) is 3.98. The van der Waals surface area contributed by atoms with Crippen LogP contribution in [0.5, 0.6) is 0 Å². The summed E-state index contributed by atoms with van der Waals surface area (Å²) in [6, 6.07) is 2.61. The summed E-state index contributed by atoms with van der Waals surface area (Å²) in [7, 11) is 0. The average Bonchev–Trinajstić information content (AvgIpc) is 2.49. The van der Waals surface area contributed by atoms with Crippen molar-refractivity contribution in [1.82, 2.24) is 4.98 Å². The second-order valence-electron chi connectivity index (χ2n) is 5.10. The summed E-state index contributed by atoms with van der Waals surface area (Å²) in [5, 5.41) is 8.88. The third kappa shape index (κ3) is 2.66. The predicted octanol–water partition coefficient (Wildman–Crippen LogP) is 3.66. The second kappa shape index (κ2) is 6.04. The van der Waals surface area contributed by atoms with Crippen LogP contribution in [0.2, 0.25) is 0 Å². The van der Waals surface area contributed by atoms with Gasteiger partial charge in [0.25, 0.3) is 0 Å². The van der Waals surface area contributed by atoms with Crippen LogP contribution in [0.1, 0.15) is 37.8 Å². The minimum absolute atomic E-state index is 0.0221. The van der Waals surface area contributed by atoms with Gasteiger partial charge in [-0.15, -0.1) is 0 Å². The van der Waals surface area contributed by atoms with E-state index >= 15 is 0 Å². The first kappa shape index (κ1) is 15.2. The number of benzene rings is 1. The van der Waals surface area contributed by atoms with E-state index in [0.29, 0.717) is 6.42 Å². The fourth-order valence-corrected chi connectivity index (χ4v) is 2.52. The molecule has 2 rings (SSSR count). The monoisotopic (exact) mass is 290 g/mol. The molecule has 0 bridgehead atoms. The van der Waals surface area contributed by atoms with Crippen molar-refractivity contribution in [2.24, 2.45) is 5.92 Å². The Labute approximate surface area is 121 Å². The molecular formula is C16H16F2N2O. The van der Waals surface area contributed by atoms with E-state index in [-0.39, 0.29) is 27.9 Å². The van der Waals surface area contributed by atoms with Gasteiger partial charge in [-0.1, -0.05) is 26.7 Å². The first-order valence-corrected chi connectivity index (χ1v) is 6.95. The lowest BCUT2D eigenvalue weighted by Crippen LogP contribution is -2.12. The number of nitrogens with one attached hydrogen (secondary N) is 1. The van der Waals surface area contributed by atoms with Crippen LogP contribution in [-0.2, 0) is 6.42 Å². The Morgan fingerprint density at radius 3 is 2.57 bits per heavy atom. The topological polar surface area (TPSA) is 56.6 Å². The van der Waals surface area contributed by atoms with Gasteiger partial charge >= 0.3 is 0 Å². The van der Waals surface area contributed by atoms with Crippen molar-refractivity contribution in [3.63, 3.8) is 0 Å². The molecule has 3 nitrogen and oxygen atoms in total. The SMILES string of the molecule is CCC(CC)Cc1c(F)c(F)cc2c(=O)c(C#N)c[nH]c12. The van der Waals surface area contributed by atoms with Crippen LogP contribution in [0, 0.1) is 28.9 Å². The summed E-state index contributed by atoms with van der Waals surface area (Å²) in [6.07, 6.45) is 3.29. The molecule has 0 aliphatic rings. The molecule has 0 amide bonds. The molecule has 0 radical (unpaired) electrons. The van der Waals surface area contributed by atoms with E-state index in [1.165, 1.54) is 6.20 Å². The molecule has 0 aliphatic carbocycles. The quantitative estimate of drug-likeness (QED) is 0.934. The van der Waals surface area contributed by atoms with E-state index in [1.54, 1.807) is 6.07 Å². The summed E-state index contributed by atoms with van der Waals surface area (Å²) < 4.78 is 27.9. The highest BCUT2D eigenvalue weighted by molar-refractivity contribution is 5.83. The zero-order valence-electron chi connectivity index (χ0n) is 12.0. The van der Waals surface area contributed by atoms with E-state index in [4.69, 9.17) is 5.26 Å². The highest BCUT2D eigenvalue weighted by Gasteiger charge is 2.19. The summed E-state index contributed by atoms with van der Waals surface area (Å²) in [4.78, 5) is 14.8. The number of halogens is 2. The minimum atomic E-state index is -1.05. The highest BCUT2D eigenvalue weighted by Crippen LogP contribution is 2.25. The van der Waals surface area contributed by atoms with Crippen LogP contribution in [0.3, 0.4) is 0 Å². The van der Waals surface area contributed by atoms with Gasteiger partial charge in [0.2, 0.25) is 5.43 Å². The number of pyridine rings is 1. The maximum absolute atomic E-state index is 14.1. The highest BCUT2D eigenvalue weighted by atomic mass is 19.2. The zero-order valence-corrected chi connectivity index (χ0v) is 12.0. The van der Waals surface area contributed by atoms with Crippen molar-refractivity contribution < 1.29 is 8.78 Å². The van der Waals surface area contributed by atoms with Gasteiger partial charge in [0, 0.05) is 11.8 Å². The molecule has 1 aromatic carbocycles. The fraction of sp³-hybridized carbons (Fsp3) is 0.375. The van der Waals surface area contributed by atoms with Crippen molar-refractivity contribution in [3.8, 4) is 6.07 Å².